The van der Waals surface area contributed by atoms with Gasteiger partial charge in [-0.1, -0.05) is 17.7 Å². The van der Waals surface area contributed by atoms with E-state index in [0.29, 0.717) is 21.5 Å². The van der Waals surface area contributed by atoms with Crippen LogP contribution in [0.15, 0.2) is 23.6 Å². The molecule has 2 bridgehead atoms. The number of nitrogens with zero attached hydrogens (tertiary/aromatic N) is 4. The molecular formula is C20H19ClF3N5OS. The van der Waals surface area contributed by atoms with Crippen LogP contribution in [0, 0.1) is 0 Å². The third-order valence-corrected chi connectivity index (χ3v) is 7.49. The summed E-state index contributed by atoms with van der Waals surface area (Å²) < 4.78 is 41.9. The summed E-state index contributed by atoms with van der Waals surface area (Å²) in [6.07, 6.45) is -0.903. The molecule has 5 rings (SSSR count). The molecule has 2 fully saturated rings. The number of rotatable bonds is 3. The van der Waals surface area contributed by atoms with E-state index >= 15 is 0 Å². The average Bonchev–Trinajstić information content (AvgIpc) is 3.39. The van der Waals surface area contributed by atoms with Gasteiger partial charge in [-0.05, 0) is 50.2 Å². The van der Waals surface area contributed by atoms with Gasteiger partial charge in [0.2, 0.25) is 0 Å². The molecule has 2 saturated heterocycles. The third-order valence-electron chi connectivity index (χ3n) is 6.25. The van der Waals surface area contributed by atoms with Crippen LogP contribution in [0.1, 0.15) is 41.9 Å². The minimum Gasteiger partial charge on any atom is -0.348 e. The molecule has 11 heteroatoms. The first kappa shape index (κ1) is 20.7. The van der Waals surface area contributed by atoms with E-state index in [1.54, 1.807) is 17.5 Å². The van der Waals surface area contributed by atoms with Crippen LogP contribution in [-0.2, 0) is 6.18 Å². The molecule has 3 aromatic heterocycles. The van der Waals surface area contributed by atoms with Crippen LogP contribution in [0.5, 0.6) is 0 Å². The van der Waals surface area contributed by atoms with Gasteiger partial charge in [0, 0.05) is 18.1 Å². The maximum atomic E-state index is 13.8. The molecule has 2 atom stereocenters. The largest absolute Gasteiger partial charge is 0.433 e. The average molecular weight is 470 g/mol. The minimum absolute atomic E-state index is 0.0567. The highest BCUT2D eigenvalue weighted by Crippen LogP contribution is 2.36. The molecule has 164 valence electrons. The van der Waals surface area contributed by atoms with E-state index in [1.807, 2.05) is 0 Å². The normalized spacial score (nSPS) is 24.1. The predicted octanol–water partition coefficient (Wildman–Crippen LogP) is 4.49. The van der Waals surface area contributed by atoms with Crippen molar-refractivity contribution in [3.63, 3.8) is 0 Å². The molecule has 5 heterocycles. The number of alkyl halides is 3. The second kappa shape index (κ2) is 7.46. The fourth-order valence-electron chi connectivity index (χ4n) is 4.67. The molecule has 1 amide bonds. The first-order valence-corrected chi connectivity index (χ1v) is 11.2. The zero-order chi connectivity index (χ0) is 21.9. The molecule has 1 N–H and O–H groups in total. The fourth-order valence-corrected chi connectivity index (χ4v) is 5.60. The Labute approximate surface area is 185 Å². The molecule has 0 saturated carbocycles. The van der Waals surface area contributed by atoms with Gasteiger partial charge < -0.3 is 10.2 Å². The smallest absolute Gasteiger partial charge is 0.348 e. The zero-order valence-electron chi connectivity index (χ0n) is 16.5. The van der Waals surface area contributed by atoms with Gasteiger partial charge in [0.05, 0.1) is 10.6 Å². The number of thiophene rings is 1. The van der Waals surface area contributed by atoms with E-state index in [4.69, 9.17) is 11.6 Å². The van der Waals surface area contributed by atoms with Gasteiger partial charge >= 0.3 is 6.18 Å². The Kier molecular flexibility index (Phi) is 4.98. The van der Waals surface area contributed by atoms with Crippen molar-refractivity contribution in [1.29, 1.82) is 0 Å². The van der Waals surface area contributed by atoms with Gasteiger partial charge in [0.25, 0.3) is 5.91 Å². The number of aromatic nitrogens is 3. The van der Waals surface area contributed by atoms with E-state index in [-0.39, 0.29) is 28.1 Å². The van der Waals surface area contributed by atoms with Crippen LogP contribution in [0.3, 0.4) is 0 Å². The van der Waals surface area contributed by atoms with Crippen LogP contribution in [0.25, 0.3) is 16.2 Å². The lowest BCUT2D eigenvalue weighted by Gasteiger charge is -2.36. The second-order valence-electron chi connectivity index (χ2n) is 8.09. The van der Waals surface area contributed by atoms with E-state index < -0.39 is 17.8 Å². The number of carbonyl (C=O) groups excluding carboxylic acids is 1. The molecule has 2 aliphatic heterocycles. The first-order chi connectivity index (χ1) is 14.7. The molecule has 0 radical (unpaired) electrons. The highest BCUT2D eigenvalue weighted by molar-refractivity contribution is 7.13. The van der Waals surface area contributed by atoms with Crippen LogP contribution in [0.4, 0.5) is 13.2 Å². The van der Waals surface area contributed by atoms with Crippen LogP contribution in [0.2, 0.25) is 5.02 Å². The highest BCUT2D eigenvalue weighted by atomic mass is 35.5. The quantitative estimate of drug-likeness (QED) is 0.614. The Morgan fingerprint density at radius 1 is 1.29 bits per heavy atom. The number of piperidine rings is 1. The molecule has 0 aliphatic carbocycles. The molecule has 6 nitrogen and oxygen atoms in total. The topological polar surface area (TPSA) is 62.5 Å². The van der Waals surface area contributed by atoms with Crippen LogP contribution >= 0.6 is 22.9 Å². The Balaban J connectivity index is 1.51. The van der Waals surface area contributed by atoms with Gasteiger partial charge in [-0.3, -0.25) is 4.79 Å². The number of nitrogens with one attached hydrogen (secondary N) is 1. The van der Waals surface area contributed by atoms with E-state index in [0.717, 1.165) is 31.7 Å². The Hall–Kier alpha value is -2.17. The van der Waals surface area contributed by atoms with Crippen molar-refractivity contribution in [2.24, 2.45) is 0 Å². The van der Waals surface area contributed by atoms with E-state index in [1.165, 1.54) is 11.3 Å². The number of amides is 1. The molecular weight excluding hydrogens is 451 g/mol. The summed E-state index contributed by atoms with van der Waals surface area (Å²) in [5.74, 6) is -0.574. The van der Waals surface area contributed by atoms with Gasteiger partial charge in [-0.25, -0.2) is 9.50 Å². The Bertz CT molecular complexity index is 1130. The standard InChI is InChI=1S/C20H19ClF3N5OS/c1-28-11-4-5-12(28)8-10(7-11)25-19(30)17-16(21)18-26-13(14-3-2-6-31-14)9-15(20(22,23)24)29(18)27-17/h2-3,6,9-12H,4-5,7-8H2,1H3,(H,25,30)/t11-,12-/m1/s1. The summed E-state index contributed by atoms with van der Waals surface area (Å²) in [6, 6.07) is 5.10. The lowest BCUT2D eigenvalue weighted by atomic mass is 9.98. The van der Waals surface area contributed by atoms with Gasteiger partial charge in [-0.15, -0.1) is 11.3 Å². The molecule has 2 aliphatic rings. The van der Waals surface area contributed by atoms with Crippen molar-refractivity contribution in [3.8, 4) is 10.6 Å². The monoisotopic (exact) mass is 469 g/mol. The highest BCUT2D eigenvalue weighted by Gasteiger charge is 2.40. The number of carbonyl (C=O) groups is 1. The Morgan fingerprint density at radius 3 is 2.61 bits per heavy atom. The summed E-state index contributed by atoms with van der Waals surface area (Å²) in [5, 5.41) is 8.41. The first-order valence-electron chi connectivity index (χ1n) is 9.95. The summed E-state index contributed by atoms with van der Waals surface area (Å²) >= 11 is 7.61. The zero-order valence-corrected chi connectivity index (χ0v) is 18.1. The SMILES string of the molecule is CN1[C@@H]2CC[C@@H]1CC(NC(=O)c1nn3c(C(F)(F)F)cc(-c4cccs4)nc3c1Cl)C2. The molecule has 0 unspecified atom stereocenters. The molecule has 31 heavy (non-hydrogen) atoms. The summed E-state index contributed by atoms with van der Waals surface area (Å²) in [6.45, 7) is 0. The number of halogens is 4. The Morgan fingerprint density at radius 2 is 2.00 bits per heavy atom. The van der Waals surface area contributed by atoms with Gasteiger partial charge in [0.15, 0.2) is 17.0 Å². The second-order valence-corrected chi connectivity index (χ2v) is 9.42. The van der Waals surface area contributed by atoms with Crippen LogP contribution < -0.4 is 5.32 Å². The predicted molar refractivity (Wildman–Crippen MR) is 111 cm³/mol. The number of hydrogen-bond acceptors (Lipinski definition) is 5. The van der Waals surface area contributed by atoms with Gasteiger partial charge in [-0.2, -0.15) is 18.3 Å². The van der Waals surface area contributed by atoms with Gasteiger partial charge in [0.1, 0.15) is 5.02 Å². The van der Waals surface area contributed by atoms with Crippen molar-refractivity contribution < 1.29 is 18.0 Å². The maximum absolute atomic E-state index is 13.8. The van der Waals surface area contributed by atoms with Crippen molar-refractivity contribution in [1.82, 2.24) is 24.8 Å². The van der Waals surface area contributed by atoms with E-state index in [9.17, 15) is 18.0 Å². The fraction of sp³-hybridized carbons (Fsp3) is 0.450. The van der Waals surface area contributed by atoms with Crippen molar-refractivity contribution in [3.05, 3.63) is 40.0 Å². The van der Waals surface area contributed by atoms with Crippen molar-refractivity contribution in [2.45, 2.75) is 50.0 Å². The van der Waals surface area contributed by atoms with Crippen LogP contribution in [-0.4, -0.2) is 50.6 Å². The summed E-state index contributed by atoms with van der Waals surface area (Å²) in [7, 11) is 2.09. The molecule has 0 aromatic carbocycles. The summed E-state index contributed by atoms with van der Waals surface area (Å²) in [5.41, 5.74) is -1.32. The third kappa shape index (κ3) is 3.60. The maximum Gasteiger partial charge on any atom is 0.433 e. The lowest BCUT2D eigenvalue weighted by molar-refractivity contribution is -0.142. The lowest BCUT2D eigenvalue weighted by Crippen LogP contribution is -2.48. The number of hydrogen-bond donors (Lipinski definition) is 1. The number of fused-ring (bicyclic) bond motifs is 3. The van der Waals surface area contributed by atoms with Crippen molar-refractivity contribution in [2.75, 3.05) is 7.05 Å². The van der Waals surface area contributed by atoms with Crippen molar-refractivity contribution >= 4 is 34.5 Å². The minimum atomic E-state index is -4.69. The molecule has 0 spiro atoms. The van der Waals surface area contributed by atoms with E-state index in [2.05, 4.69) is 27.3 Å². The summed E-state index contributed by atoms with van der Waals surface area (Å²) in [4.78, 5) is 20.1. The molecule has 3 aromatic rings.